The van der Waals surface area contributed by atoms with Crippen LogP contribution in [0.25, 0.3) is 0 Å². The normalized spacial score (nSPS) is 29.6. The van der Waals surface area contributed by atoms with Gasteiger partial charge in [0.15, 0.2) is 0 Å². The third kappa shape index (κ3) is 3.95. The predicted molar refractivity (Wildman–Crippen MR) is 80.5 cm³/mol. The van der Waals surface area contributed by atoms with Crippen LogP contribution in [0.2, 0.25) is 0 Å². The van der Waals surface area contributed by atoms with Crippen molar-refractivity contribution in [3.63, 3.8) is 0 Å². The zero-order valence-corrected chi connectivity index (χ0v) is 13.4. The van der Waals surface area contributed by atoms with Crippen LogP contribution in [-0.4, -0.2) is 50.2 Å². The summed E-state index contributed by atoms with van der Waals surface area (Å²) in [7, 11) is 2.12. The van der Waals surface area contributed by atoms with Gasteiger partial charge in [-0.3, -0.25) is 4.79 Å². The second kappa shape index (κ2) is 6.44. The van der Waals surface area contributed by atoms with Crippen molar-refractivity contribution in [2.45, 2.75) is 46.1 Å². The lowest BCUT2D eigenvalue weighted by atomic mass is 9.81. The SMILES string of the molecule is CN1CCC(C(=O)NC[C@H]2CCO[C@@H]2C(C)(C)C)CC1. The molecule has 0 aromatic rings. The fourth-order valence-electron chi connectivity index (χ4n) is 3.45. The number of hydrogen-bond donors (Lipinski definition) is 1. The minimum Gasteiger partial charge on any atom is -0.377 e. The molecular formula is C16H30N2O2. The van der Waals surface area contributed by atoms with Crippen molar-refractivity contribution < 1.29 is 9.53 Å². The van der Waals surface area contributed by atoms with E-state index in [4.69, 9.17) is 4.74 Å². The summed E-state index contributed by atoms with van der Waals surface area (Å²) in [6.07, 6.45) is 3.31. The Hall–Kier alpha value is -0.610. The fraction of sp³-hybridized carbons (Fsp3) is 0.938. The Bertz CT molecular complexity index is 330. The van der Waals surface area contributed by atoms with Gasteiger partial charge in [-0.15, -0.1) is 0 Å². The van der Waals surface area contributed by atoms with Crippen LogP contribution in [0.5, 0.6) is 0 Å². The molecule has 2 heterocycles. The van der Waals surface area contributed by atoms with Gasteiger partial charge < -0.3 is 15.0 Å². The van der Waals surface area contributed by atoms with E-state index in [9.17, 15) is 4.79 Å². The van der Waals surface area contributed by atoms with Gasteiger partial charge in [0.05, 0.1) is 6.10 Å². The lowest BCUT2D eigenvalue weighted by Gasteiger charge is -2.32. The number of carbonyl (C=O) groups excluding carboxylic acids is 1. The molecule has 0 aromatic heterocycles. The van der Waals surface area contributed by atoms with Crippen LogP contribution in [0.15, 0.2) is 0 Å². The lowest BCUT2D eigenvalue weighted by Crippen LogP contribution is -2.43. The van der Waals surface area contributed by atoms with Crippen molar-refractivity contribution in [2.75, 3.05) is 33.3 Å². The van der Waals surface area contributed by atoms with Gasteiger partial charge in [-0.05, 0) is 44.8 Å². The van der Waals surface area contributed by atoms with Gasteiger partial charge in [0.1, 0.15) is 0 Å². The third-order valence-electron chi connectivity index (χ3n) is 4.70. The van der Waals surface area contributed by atoms with E-state index in [1.807, 2.05) is 0 Å². The average molecular weight is 282 g/mol. The molecule has 2 aliphatic rings. The quantitative estimate of drug-likeness (QED) is 0.859. The zero-order chi connectivity index (χ0) is 14.8. The summed E-state index contributed by atoms with van der Waals surface area (Å²) in [5, 5.41) is 3.17. The molecule has 0 bridgehead atoms. The first-order chi connectivity index (χ1) is 9.38. The van der Waals surface area contributed by atoms with E-state index < -0.39 is 0 Å². The summed E-state index contributed by atoms with van der Waals surface area (Å²) < 4.78 is 5.86. The van der Waals surface area contributed by atoms with Crippen molar-refractivity contribution in [1.82, 2.24) is 10.2 Å². The zero-order valence-electron chi connectivity index (χ0n) is 13.4. The van der Waals surface area contributed by atoms with Crippen LogP contribution in [0.3, 0.4) is 0 Å². The van der Waals surface area contributed by atoms with E-state index in [2.05, 4.69) is 38.0 Å². The third-order valence-corrected chi connectivity index (χ3v) is 4.70. The molecule has 2 atom stereocenters. The smallest absolute Gasteiger partial charge is 0.223 e. The average Bonchev–Trinajstić information content (AvgIpc) is 2.85. The first kappa shape index (κ1) is 15.8. The van der Waals surface area contributed by atoms with Crippen molar-refractivity contribution in [3.8, 4) is 0 Å². The minimum atomic E-state index is 0.152. The number of piperidine rings is 1. The molecule has 2 fully saturated rings. The molecule has 20 heavy (non-hydrogen) atoms. The molecule has 0 aromatic carbocycles. The van der Waals surface area contributed by atoms with E-state index in [0.717, 1.165) is 45.5 Å². The molecular weight excluding hydrogens is 252 g/mol. The van der Waals surface area contributed by atoms with Crippen molar-refractivity contribution in [2.24, 2.45) is 17.3 Å². The maximum atomic E-state index is 12.2. The summed E-state index contributed by atoms with van der Waals surface area (Å²) in [5.74, 6) is 0.921. The van der Waals surface area contributed by atoms with Crippen LogP contribution in [-0.2, 0) is 9.53 Å². The van der Waals surface area contributed by atoms with Crippen molar-refractivity contribution in [3.05, 3.63) is 0 Å². The molecule has 0 radical (unpaired) electrons. The van der Waals surface area contributed by atoms with Crippen molar-refractivity contribution >= 4 is 5.91 Å². The number of carbonyl (C=O) groups is 1. The van der Waals surface area contributed by atoms with E-state index in [0.29, 0.717) is 5.92 Å². The number of ether oxygens (including phenoxy) is 1. The number of nitrogens with zero attached hydrogens (tertiary/aromatic N) is 1. The standard InChI is InChI=1S/C16H30N2O2/c1-16(2,3)14-13(7-10-20-14)11-17-15(19)12-5-8-18(4)9-6-12/h12-14H,5-11H2,1-4H3,(H,17,19)/t13-,14+/m1/s1. The van der Waals surface area contributed by atoms with E-state index in [1.54, 1.807) is 0 Å². The molecule has 0 saturated carbocycles. The second-order valence-corrected chi connectivity index (χ2v) is 7.53. The van der Waals surface area contributed by atoms with Crippen LogP contribution in [0.1, 0.15) is 40.0 Å². The van der Waals surface area contributed by atoms with Crippen LogP contribution in [0.4, 0.5) is 0 Å². The van der Waals surface area contributed by atoms with Crippen LogP contribution < -0.4 is 5.32 Å². The highest BCUT2D eigenvalue weighted by Gasteiger charge is 2.37. The second-order valence-electron chi connectivity index (χ2n) is 7.53. The molecule has 116 valence electrons. The van der Waals surface area contributed by atoms with Gasteiger partial charge >= 0.3 is 0 Å². The van der Waals surface area contributed by atoms with E-state index in [1.165, 1.54) is 0 Å². The number of rotatable bonds is 3. The number of likely N-dealkylation sites (tertiary alicyclic amines) is 1. The van der Waals surface area contributed by atoms with E-state index in [-0.39, 0.29) is 23.3 Å². The molecule has 2 saturated heterocycles. The van der Waals surface area contributed by atoms with Gasteiger partial charge in [0.25, 0.3) is 0 Å². The van der Waals surface area contributed by atoms with Gasteiger partial charge in [0, 0.05) is 25.0 Å². The predicted octanol–water partition coefficient (Wildman–Crippen LogP) is 1.90. The maximum absolute atomic E-state index is 12.2. The first-order valence-corrected chi connectivity index (χ1v) is 7.96. The molecule has 1 N–H and O–H groups in total. The molecule has 2 aliphatic heterocycles. The molecule has 0 unspecified atom stereocenters. The molecule has 0 aliphatic carbocycles. The Kier molecular flexibility index (Phi) is 5.08. The Morgan fingerprint density at radius 3 is 2.50 bits per heavy atom. The van der Waals surface area contributed by atoms with Gasteiger partial charge in [-0.25, -0.2) is 0 Å². The molecule has 4 nitrogen and oxygen atoms in total. The summed E-state index contributed by atoms with van der Waals surface area (Å²) in [4.78, 5) is 14.5. The Morgan fingerprint density at radius 1 is 1.25 bits per heavy atom. The number of amides is 1. The van der Waals surface area contributed by atoms with Crippen LogP contribution >= 0.6 is 0 Å². The summed E-state index contributed by atoms with van der Waals surface area (Å²) in [5.41, 5.74) is 0.152. The highest BCUT2D eigenvalue weighted by Crippen LogP contribution is 2.34. The minimum absolute atomic E-state index is 0.152. The largest absolute Gasteiger partial charge is 0.377 e. The highest BCUT2D eigenvalue weighted by atomic mass is 16.5. The van der Waals surface area contributed by atoms with Gasteiger partial charge in [-0.2, -0.15) is 0 Å². The first-order valence-electron chi connectivity index (χ1n) is 7.96. The Labute approximate surface area is 123 Å². The number of hydrogen-bond acceptors (Lipinski definition) is 3. The Morgan fingerprint density at radius 2 is 1.90 bits per heavy atom. The van der Waals surface area contributed by atoms with Crippen LogP contribution in [0, 0.1) is 17.3 Å². The topological polar surface area (TPSA) is 41.6 Å². The summed E-state index contributed by atoms with van der Waals surface area (Å²) in [6, 6.07) is 0. The highest BCUT2D eigenvalue weighted by molar-refractivity contribution is 5.78. The van der Waals surface area contributed by atoms with Crippen molar-refractivity contribution in [1.29, 1.82) is 0 Å². The molecule has 0 spiro atoms. The summed E-state index contributed by atoms with van der Waals surface area (Å²) >= 11 is 0. The van der Waals surface area contributed by atoms with E-state index >= 15 is 0 Å². The van der Waals surface area contributed by atoms with Gasteiger partial charge in [-0.1, -0.05) is 20.8 Å². The summed E-state index contributed by atoms with van der Waals surface area (Å²) in [6.45, 7) is 10.3. The monoisotopic (exact) mass is 282 g/mol. The Balaban J connectivity index is 1.78. The fourth-order valence-corrected chi connectivity index (χ4v) is 3.45. The molecule has 2 rings (SSSR count). The molecule has 1 amide bonds. The number of nitrogens with one attached hydrogen (secondary N) is 1. The maximum Gasteiger partial charge on any atom is 0.223 e. The lowest BCUT2D eigenvalue weighted by molar-refractivity contribution is -0.126. The molecule has 4 heteroatoms. The van der Waals surface area contributed by atoms with Gasteiger partial charge in [0.2, 0.25) is 5.91 Å².